The lowest BCUT2D eigenvalue weighted by molar-refractivity contribution is 0.310. The molecule has 0 spiro atoms. The van der Waals surface area contributed by atoms with E-state index in [-0.39, 0.29) is 23.3 Å². The Morgan fingerprint density at radius 2 is 2.17 bits per heavy atom. The molecule has 1 aromatic carbocycles. The third kappa shape index (κ3) is 3.20. The lowest BCUT2D eigenvalue weighted by Gasteiger charge is -2.30. The summed E-state index contributed by atoms with van der Waals surface area (Å²) in [4.78, 5) is 0.0200. The van der Waals surface area contributed by atoms with Crippen LogP contribution in [0.1, 0.15) is 6.92 Å². The number of benzene rings is 1. The molecule has 0 unspecified atom stereocenters. The van der Waals surface area contributed by atoms with Crippen LogP contribution in [0.4, 0.5) is 4.39 Å². The molecule has 1 fully saturated rings. The van der Waals surface area contributed by atoms with Gasteiger partial charge in [0.25, 0.3) is 0 Å². The van der Waals surface area contributed by atoms with E-state index >= 15 is 0 Å². The van der Waals surface area contributed by atoms with Crippen molar-refractivity contribution in [2.45, 2.75) is 17.9 Å². The molecule has 1 aromatic rings. The van der Waals surface area contributed by atoms with Gasteiger partial charge in [-0.2, -0.15) is 4.31 Å². The summed E-state index contributed by atoms with van der Waals surface area (Å²) in [6.45, 7) is 3.38. The van der Waals surface area contributed by atoms with Crippen LogP contribution in [-0.4, -0.2) is 38.4 Å². The Bertz CT molecular complexity index is 510. The maximum Gasteiger partial charge on any atom is 0.243 e. The minimum absolute atomic E-state index is 0. The fourth-order valence-corrected chi connectivity index (χ4v) is 3.45. The van der Waals surface area contributed by atoms with Crippen molar-refractivity contribution in [1.82, 2.24) is 9.62 Å². The normalized spacial score (nSPS) is 21.3. The number of nitrogens with zero attached hydrogens (tertiary/aromatic N) is 1. The average Bonchev–Trinajstić information content (AvgIpc) is 2.29. The molecule has 1 aliphatic heterocycles. The van der Waals surface area contributed by atoms with Gasteiger partial charge in [-0.05, 0) is 25.1 Å². The fourth-order valence-electron chi connectivity index (χ4n) is 1.89. The topological polar surface area (TPSA) is 49.4 Å². The summed E-state index contributed by atoms with van der Waals surface area (Å²) in [5.41, 5.74) is 0. The second-order valence-corrected chi connectivity index (χ2v) is 6.11. The van der Waals surface area contributed by atoms with E-state index in [1.807, 2.05) is 6.92 Å². The van der Waals surface area contributed by atoms with Gasteiger partial charge in [0.1, 0.15) is 5.82 Å². The Balaban J connectivity index is 0.00000162. The Morgan fingerprint density at radius 3 is 2.78 bits per heavy atom. The van der Waals surface area contributed by atoms with Crippen molar-refractivity contribution in [2.75, 3.05) is 19.6 Å². The molecule has 2 rings (SSSR count). The molecule has 7 heteroatoms. The van der Waals surface area contributed by atoms with Gasteiger partial charge in [-0.25, -0.2) is 12.8 Å². The highest BCUT2D eigenvalue weighted by molar-refractivity contribution is 7.89. The summed E-state index contributed by atoms with van der Waals surface area (Å²) in [7, 11) is -3.56. The lowest BCUT2D eigenvalue weighted by Crippen LogP contribution is -2.51. The van der Waals surface area contributed by atoms with Crippen molar-refractivity contribution in [3.05, 3.63) is 30.1 Å². The number of halogens is 2. The van der Waals surface area contributed by atoms with Gasteiger partial charge in [-0.1, -0.05) is 6.07 Å². The first-order chi connectivity index (χ1) is 8.00. The third-order valence-electron chi connectivity index (χ3n) is 2.77. The maximum atomic E-state index is 13.0. The van der Waals surface area contributed by atoms with Crippen LogP contribution in [0.5, 0.6) is 0 Å². The number of hydrogen-bond donors (Lipinski definition) is 1. The molecule has 1 atom stereocenters. The van der Waals surface area contributed by atoms with Crippen LogP contribution in [0.15, 0.2) is 29.2 Å². The molecule has 0 saturated carbocycles. The van der Waals surface area contributed by atoms with Crippen molar-refractivity contribution in [1.29, 1.82) is 0 Å². The minimum atomic E-state index is -3.56. The van der Waals surface area contributed by atoms with Crippen molar-refractivity contribution >= 4 is 22.4 Å². The van der Waals surface area contributed by atoms with E-state index in [1.165, 1.54) is 22.5 Å². The van der Waals surface area contributed by atoms with Crippen molar-refractivity contribution in [2.24, 2.45) is 0 Å². The molecule has 18 heavy (non-hydrogen) atoms. The van der Waals surface area contributed by atoms with Crippen molar-refractivity contribution in [3.8, 4) is 0 Å². The SMILES string of the molecule is C[C@H]1CN(S(=O)(=O)c2cccc(F)c2)CCN1.Cl. The highest BCUT2D eigenvalue weighted by Crippen LogP contribution is 2.17. The van der Waals surface area contributed by atoms with Crippen LogP contribution >= 0.6 is 12.4 Å². The molecule has 0 bridgehead atoms. The molecule has 4 nitrogen and oxygen atoms in total. The van der Waals surface area contributed by atoms with E-state index in [0.29, 0.717) is 19.6 Å². The molecule has 0 radical (unpaired) electrons. The number of hydrogen-bond acceptors (Lipinski definition) is 3. The molecule has 1 saturated heterocycles. The van der Waals surface area contributed by atoms with Crippen LogP contribution in [0.3, 0.4) is 0 Å². The van der Waals surface area contributed by atoms with Crippen molar-refractivity contribution < 1.29 is 12.8 Å². The Labute approximate surface area is 113 Å². The summed E-state index contributed by atoms with van der Waals surface area (Å²) in [6, 6.07) is 5.24. The molecule has 1 aliphatic rings. The van der Waals surface area contributed by atoms with Crippen LogP contribution in [0.25, 0.3) is 0 Å². The predicted molar refractivity (Wildman–Crippen MR) is 69.9 cm³/mol. The number of rotatable bonds is 2. The zero-order valence-corrected chi connectivity index (χ0v) is 11.6. The standard InChI is InChI=1S/C11H15FN2O2S.ClH/c1-9-8-14(6-5-13-9)17(15,16)11-4-2-3-10(12)7-11;/h2-4,7,9,13H,5-6,8H2,1H3;1H/t9-;/m0./s1. The number of sulfonamides is 1. The Kier molecular flexibility index (Phi) is 5.10. The second-order valence-electron chi connectivity index (χ2n) is 4.18. The molecule has 0 amide bonds. The molecule has 0 aliphatic carbocycles. The summed E-state index contributed by atoms with van der Waals surface area (Å²) in [5.74, 6) is -0.533. The summed E-state index contributed by atoms with van der Waals surface area (Å²) < 4.78 is 38.9. The van der Waals surface area contributed by atoms with Gasteiger partial charge in [0, 0.05) is 25.7 Å². The van der Waals surface area contributed by atoms with Crippen LogP contribution < -0.4 is 5.32 Å². The average molecular weight is 295 g/mol. The van der Waals surface area contributed by atoms with Gasteiger partial charge < -0.3 is 5.32 Å². The molecular formula is C11H16ClFN2O2S. The Morgan fingerprint density at radius 1 is 1.44 bits per heavy atom. The molecule has 102 valence electrons. The predicted octanol–water partition coefficient (Wildman–Crippen LogP) is 1.23. The van der Waals surface area contributed by atoms with Gasteiger partial charge in [-0.15, -0.1) is 12.4 Å². The summed E-state index contributed by atoms with van der Waals surface area (Å²) >= 11 is 0. The van der Waals surface area contributed by atoms with E-state index in [4.69, 9.17) is 0 Å². The first kappa shape index (κ1) is 15.4. The van der Waals surface area contributed by atoms with Gasteiger partial charge in [0.2, 0.25) is 10.0 Å². The summed E-state index contributed by atoms with van der Waals surface area (Å²) in [5, 5.41) is 3.17. The Hall–Kier alpha value is -0.690. The smallest absolute Gasteiger partial charge is 0.243 e. The first-order valence-electron chi connectivity index (χ1n) is 5.49. The monoisotopic (exact) mass is 294 g/mol. The molecule has 1 heterocycles. The lowest BCUT2D eigenvalue weighted by atomic mass is 10.3. The molecular weight excluding hydrogens is 279 g/mol. The van der Waals surface area contributed by atoms with Gasteiger partial charge >= 0.3 is 0 Å². The fraction of sp³-hybridized carbons (Fsp3) is 0.455. The van der Waals surface area contributed by atoms with Crippen LogP contribution in [0, 0.1) is 5.82 Å². The van der Waals surface area contributed by atoms with E-state index in [1.54, 1.807) is 0 Å². The third-order valence-corrected chi connectivity index (χ3v) is 4.63. The largest absolute Gasteiger partial charge is 0.312 e. The maximum absolute atomic E-state index is 13.0. The highest BCUT2D eigenvalue weighted by Gasteiger charge is 2.28. The van der Waals surface area contributed by atoms with E-state index < -0.39 is 15.8 Å². The first-order valence-corrected chi connectivity index (χ1v) is 6.93. The highest BCUT2D eigenvalue weighted by atomic mass is 35.5. The zero-order valence-electron chi connectivity index (χ0n) is 9.97. The van der Waals surface area contributed by atoms with E-state index in [0.717, 1.165) is 6.07 Å². The van der Waals surface area contributed by atoms with Crippen LogP contribution in [-0.2, 0) is 10.0 Å². The van der Waals surface area contributed by atoms with Gasteiger partial charge in [0.15, 0.2) is 0 Å². The quantitative estimate of drug-likeness (QED) is 0.892. The number of piperazine rings is 1. The van der Waals surface area contributed by atoms with E-state index in [9.17, 15) is 12.8 Å². The molecule has 1 N–H and O–H groups in total. The van der Waals surface area contributed by atoms with Crippen LogP contribution in [0.2, 0.25) is 0 Å². The van der Waals surface area contributed by atoms with E-state index in [2.05, 4.69) is 5.32 Å². The van der Waals surface area contributed by atoms with Gasteiger partial charge in [-0.3, -0.25) is 0 Å². The number of nitrogens with one attached hydrogen (secondary N) is 1. The van der Waals surface area contributed by atoms with Gasteiger partial charge in [0.05, 0.1) is 4.90 Å². The second kappa shape index (κ2) is 5.97. The van der Waals surface area contributed by atoms with Crippen molar-refractivity contribution in [3.63, 3.8) is 0 Å². The zero-order chi connectivity index (χ0) is 12.5. The minimum Gasteiger partial charge on any atom is -0.312 e. The molecule has 0 aromatic heterocycles. The summed E-state index contributed by atoms with van der Waals surface area (Å²) in [6.07, 6.45) is 0.